The first-order valence-electron chi connectivity index (χ1n) is 4.82. The first-order chi connectivity index (χ1) is 8.13. The van der Waals surface area contributed by atoms with Crippen LogP contribution < -0.4 is 0 Å². The average molecular weight is 269 g/mol. The molecule has 2 aromatic carbocycles. The summed E-state index contributed by atoms with van der Waals surface area (Å²) in [4.78, 5) is 10.9. The van der Waals surface area contributed by atoms with Crippen LogP contribution >= 0.6 is 23.2 Å². The van der Waals surface area contributed by atoms with Gasteiger partial charge < -0.3 is 0 Å². The standard InChI is InChI=1S/C13H7Cl2FO/c14-10-5-4-8(6-11(10)15)13-9(7-17)2-1-3-12(13)16/h1-7H. The maximum atomic E-state index is 13.7. The molecule has 0 amide bonds. The minimum atomic E-state index is -0.465. The molecule has 0 bridgehead atoms. The maximum absolute atomic E-state index is 13.7. The summed E-state index contributed by atoms with van der Waals surface area (Å²) in [6.45, 7) is 0. The highest BCUT2D eigenvalue weighted by Gasteiger charge is 2.11. The van der Waals surface area contributed by atoms with Crippen molar-refractivity contribution in [3.63, 3.8) is 0 Å². The van der Waals surface area contributed by atoms with Gasteiger partial charge in [-0.15, -0.1) is 0 Å². The van der Waals surface area contributed by atoms with Crippen LogP contribution in [0.5, 0.6) is 0 Å². The summed E-state index contributed by atoms with van der Waals surface area (Å²) >= 11 is 11.7. The Balaban J connectivity index is 2.67. The monoisotopic (exact) mass is 268 g/mol. The zero-order valence-corrected chi connectivity index (χ0v) is 10.1. The Labute approximate surface area is 108 Å². The first kappa shape index (κ1) is 12.1. The smallest absolute Gasteiger partial charge is 0.150 e. The lowest BCUT2D eigenvalue weighted by Gasteiger charge is -2.07. The van der Waals surface area contributed by atoms with Crippen molar-refractivity contribution in [2.45, 2.75) is 0 Å². The second-order valence-corrected chi connectivity index (χ2v) is 4.27. The molecule has 0 saturated carbocycles. The molecule has 17 heavy (non-hydrogen) atoms. The zero-order valence-electron chi connectivity index (χ0n) is 8.58. The Morgan fingerprint density at radius 2 is 1.82 bits per heavy atom. The highest BCUT2D eigenvalue weighted by molar-refractivity contribution is 6.42. The van der Waals surface area contributed by atoms with Crippen molar-refractivity contribution in [1.82, 2.24) is 0 Å². The van der Waals surface area contributed by atoms with E-state index >= 15 is 0 Å². The molecule has 0 N–H and O–H groups in total. The van der Waals surface area contributed by atoms with Gasteiger partial charge in [-0.1, -0.05) is 41.4 Å². The first-order valence-corrected chi connectivity index (χ1v) is 5.58. The summed E-state index contributed by atoms with van der Waals surface area (Å²) < 4.78 is 13.7. The van der Waals surface area contributed by atoms with E-state index in [1.165, 1.54) is 18.2 Å². The van der Waals surface area contributed by atoms with Gasteiger partial charge in [-0.25, -0.2) is 4.39 Å². The van der Waals surface area contributed by atoms with Gasteiger partial charge in [0.05, 0.1) is 10.0 Å². The molecule has 0 aliphatic rings. The Morgan fingerprint density at radius 3 is 2.47 bits per heavy atom. The van der Waals surface area contributed by atoms with Crippen molar-refractivity contribution in [3.8, 4) is 11.1 Å². The zero-order chi connectivity index (χ0) is 12.4. The van der Waals surface area contributed by atoms with Crippen molar-refractivity contribution in [2.75, 3.05) is 0 Å². The van der Waals surface area contributed by atoms with Crippen molar-refractivity contribution in [3.05, 3.63) is 57.8 Å². The van der Waals surface area contributed by atoms with Gasteiger partial charge in [0.15, 0.2) is 6.29 Å². The summed E-state index contributed by atoms with van der Waals surface area (Å²) in [5, 5.41) is 0.712. The topological polar surface area (TPSA) is 17.1 Å². The number of carbonyl (C=O) groups excluding carboxylic acids is 1. The molecule has 0 fully saturated rings. The third-order valence-corrected chi connectivity index (χ3v) is 3.12. The third-order valence-electron chi connectivity index (χ3n) is 2.38. The molecule has 2 aromatic rings. The van der Waals surface area contributed by atoms with Crippen LogP contribution in [0.4, 0.5) is 4.39 Å². The molecule has 0 saturated heterocycles. The number of rotatable bonds is 2. The van der Waals surface area contributed by atoms with E-state index in [2.05, 4.69) is 0 Å². The molecule has 2 rings (SSSR count). The number of carbonyl (C=O) groups is 1. The fourth-order valence-corrected chi connectivity index (χ4v) is 1.89. The second kappa shape index (κ2) is 4.86. The normalized spacial score (nSPS) is 10.3. The molecule has 1 nitrogen and oxygen atoms in total. The summed E-state index contributed by atoms with van der Waals surface area (Å²) in [5.74, 6) is -0.465. The van der Waals surface area contributed by atoms with Crippen LogP contribution in [-0.4, -0.2) is 6.29 Å². The van der Waals surface area contributed by atoms with E-state index in [0.717, 1.165) is 0 Å². The Morgan fingerprint density at radius 1 is 1.06 bits per heavy atom. The molecule has 0 atom stereocenters. The average Bonchev–Trinajstić information content (AvgIpc) is 2.32. The largest absolute Gasteiger partial charge is 0.298 e. The predicted octanol–water partition coefficient (Wildman–Crippen LogP) is 4.61. The van der Waals surface area contributed by atoms with Gasteiger partial charge in [0.2, 0.25) is 0 Å². The van der Waals surface area contributed by atoms with E-state index in [1.807, 2.05) is 0 Å². The van der Waals surface area contributed by atoms with Crippen molar-refractivity contribution in [1.29, 1.82) is 0 Å². The number of hydrogen-bond donors (Lipinski definition) is 0. The van der Waals surface area contributed by atoms with E-state index in [1.54, 1.807) is 18.2 Å². The summed E-state index contributed by atoms with van der Waals surface area (Å²) in [5.41, 5.74) is 1.05. The van der Waals surface area contributed by atoms with Gasteiger partial charge in [-0.05, 0) is 23.8 Å². The molecule has 4 heteroatoms. The van der Waals surface area contributed by atoms with Crippen LogP contribution in [0, 0.1) is 5.82 Å². The highest BCUT2D eigenvalue weighted by Crippen LogP contribution is 2.31. The van der Waals surface area contributed by atoms with Gasteiger partial charge in [0.25, 0.3) is 0 Å². The summed E-state index contributed by atoms with van der Waals surface area (Å²) in [6.07, 6.45) is 0.612. The van der Waals surface area contributed by atoms with Crippen molar-refractivity contribution < 1.29 is 9.18 Å². The molecular formula is C13H7Cl2FO. The third kappa shape index (κ3) is 2.33. The molecule has 0 aromatic heterocycles. The SMILES string of the molecule is O=Cc1cccc(F)c1-c1ccc(Cl)c(Cl)c1. The number of aldehydes is 1. The molecule has 0 aliphatic heterocycles. The van der Waals surface area contributed by atoms with Crippen LogP contribution in [0.3, 0.4) is 0 Å². The quantitative estimate of drug-likeness (QED) is 0.727. The van der Waals surface area contributed by atoms with E-state index in [4.69, 9.17) is 23.2 Å². The van der Waals surface area contributed by atoms with Gasteiger partial charge in [-0.2, -0.15) is 0 Å². The van der Waals surface area contributed by atoms with E-state index < -0.39 is 5.82 Å². The van der Waals surface area contributed by atoms with Crippen LogP contribution in [0.1, 0.15) is 10.4 Å². The minimum absolute atomic E-state index is 0.237. The maximum Gasteiger partial charge on any atom is 0.150 e. The molecular weight excluding hydrogens is 262 g/mol. The minimum Gasteiger partial charge on any atom is -0.298 e. The van der Waals surface area contributed by atoms with Crippen LogP contribution in [-0.2, 0) is 0 Å². The molecule has 0 spiro atoms. The number of benzene rings is 2. The fourth-order valence-electron chi connectivity index (χ4n) is 1.60. The highest BCUT2D eigenvalue weighted by atomic mass is 35.5. The van der Waals surface area contributed by atoms with Crippen LogP contribution in [0.2, 0.25) is 10.0 Å². The van der Waals surface area contributed by atoms with Gasteiger partial charge >= 0.3 is 0 Å². The molecule has 0 radical (unpaired) electrons. The number of hydrogen-bond acceptors (Lipinski definition) is 1. The van der Waals surface area contributed by atoms with Gasteiger partial charge in [0.1, 0.15) is 5.82 Å². The lowest BCUT2D eigenvalue weighted by atomic mass is 10.00. The lowest BCUT2D eigenvalue weighted by molar-refractivity contribution is 0.112. The molecule has 0 unspecified atom stereocenters. The van der Waals surface area contributed by atoms with Gasteiger partial charge in [-0.3, -0.25) is 4.79 Å². The van der Waals surface area contributed by atoms with E-state index in [0.29, 0.717) is 21.9 Å². The molecule has 0 aliphatic carbocycles. The Bertz CT molecular complexity index is 582. The van der Waals surface area contributed by atoms with Crippen molar-refractivity contribution in [2.24, 2.45) is 0 Å². The Hall–Kier alpha value is -1.38. The molecule has 0 heterocycles. The van der Waals surface area contributed by atoms with E-state index in [9.17, 15) is 9.18 Å². The molecule has 86 valence electrons. The lowest BCUT2D eigenvalue weighted by Crippen LogP contribution is -1.92. The van der Waals surface area contributed by atoms with Crippen LogP contribution in [0.15, 0.2) is 36.4 Å². The van der Waals surface area contributed by atoms with E-state index in [-0.39, 0.29) is 11.1 Å². The van der Waals surface area contributed by atoms with Crippen LogP contribution in [0.25, 0.3) is 11.1 Å². The van der Waals surface area contributed by atoms with Gasteiger partial charge in [0, 0.05) is 11.1 Å². The second-order valence-electron chi connectivity index (χ2n) is 3.45. The van der Waals surface area contributed by atoms with Crippen molar-refractivity contribution >= 4 is 29.5 Å². The fraction of sp³-hybridized carbons (Fsp3) is 0. The number of halogens is 3. The Kier molecular flexibility index (Phi) is 3.46. The predicted molar refractivity (Wildman–Crippen MR) is 67.2 cm³/mol. The summed E-state index contributed by atoms with van der Waals surface area (Å²) in [6, 6.07) is 9.06. The summed E-state index contributed by atoms with van der Waals surface area (Å²) in [7, 11) is 0.